The SMILES string of the molecule is CCCCC1NC(CC)N(CC(C)CN2CCCC2)C1=O. The molecule has 0 spiro atoms. The predicted octanol–water partition coefficient (Wildman–Crippen LogP) is 2.45. The van der Waals surface area contributed by atoms with Gasteiger partial charge in [0.2, 0.25) is 5.91 Å². The molecule has 2 aliphatic rings. The van der Waals surface area contributed by atoms with Gasteiger partial charge in [0.05, 0.1) is 12.2 Å². The van der Waals surface area contributed by atoms with E-state index in [1.54, 1.807) is 0 Å². The van der Waals surface area contributed by atoms with Crippen LogP contribution in [0, 0.1) is 5.92 Å². The summed E-state index contributed by atoms with van der Waals surface area (Å²) in [5.74, 6) is 0.899. The Labute approximate surface area is 130 Å². The zero-order valence-corrected chi connectivity index (χ0v) is 14.1. The van der Waals surface area contributed by atoms with Crippen LogP contribution in [0.3, 0.4) is 0 Å². The fourth-order valence-corrected chi connectivity index (χ4v) is 3.72. The molecule has 0 aromatic rings. The number of hydrogen-bond acceptors (Lipinski definition) is 3. The van der Waals surface area contributed by atoms with Crippen molar-refractivity contribution in [1.82, 2.24) is 15.1 Å². The fraction of sp³-hybridized carbons (Fsp3) is 0.941. The molecular weight excluding hydrogens is 262 g/mol. The van der Waals surface area contributed by atoms with E-state index in [-0.39, 0.29) is 12.2 Å². The molecule has 2 fully saturated rings. The molecule has 1 N–H and O–H groups in total. The Morgan fingerprint density at radius 1 is 1.24 bits per heavy atom. The number of rotatable bonds is 8. The van der Waals surface area contributed by atoms with Crippen molar-refractivity contribution in [2.75, 3.05) is 26.2 Å². The van der Waals surface area contributed by atoms with Crippen LogP contribution in [0.15, 0.2) is 0 Å². The summed E-state index contributed by atoms with van der Waals surface area (Å²) in [5.41, 5.74) is 0. The summed E-state index contributed by atoms with van der Waals surface area (Å²) >= 11 is 0. The second kappa shape index (κ2) is 8.14. The second-order valence-electron chi connectivity index (χ2n) is 6.89. The van der Waals surface area contributed by atoms with Gasteiger partial charge >= 0.3 is 0 Å². The van der Waals surface area contributed by atoms with Crippen molar-refractivity contribution in [2.24, 2.45) is 5.92 Å². The Kier molecular flexibility index (Phi) is 6.49. The highest BCUT2D eigenvalue weighted by atomic mass is 16.2. The van der Waals surface area contributed by atoms with Gasteiger partial charge in [0.15, 0.2) is 0 Å². The lowest BCUT2D eigenvalue weighted by Crippen LogP contribution is -2.41. The minimum atomic E-state index is 0.0638. The molecule has 21 heavy (non-hydrogen) atoms. The van der Waals surface area contributed by atoms with Gasteiger partial charge in [0, 0.05) is 13.1 Å². The number of likely N-dealkylation sites (tertiary alicyclic amines) is 1. The van der Waals surface area contributed by atoms with Crippen molar-refractivity contribution >= 4 is 5.91 Å². The predicted molar refractivity (Wildman–Crippen MR) is 87.1 cm³/mol. The summed E-state index contributed by atoms with van der Waals surface area (Å²) < 4.78 is 0. The summed E-state index contributed by atoms with van der Waals surface area (Å²) in [6.07, 6.45) is 7.22. The molecule has 0 aliphatic carbocycles. The van der Waals surface area contributed by atoms with Crippen LogP contribution in [0.25, 0.3) is 0 Å². The number of amides is 1. The van der Waals surface area contributed by atoms with E-state index in [9.17, 15) is 4.79 Å². The Hall–Kier alpha value is -0.610. The number of nitrogens with one attached hydrogen (secondary N) is 1. The highest BCUT2D eigenvalue weighted by Gasteiger charge is 2.37. The first-order valence-corrected chi connectivity index (χ1v) is 8.94. The minimum Gasteiger partial charge on any atom is -0.325 e. The number of unbranched alkanes of at least 4 members (excludes halogenated alkanes) is 1. The van der Waals surface area contributed by atoms with Crippen LogP contribution in [-0.2, 0) is 4.79 Å². The molecule has 2 saturated heterocycles. The van der Waals surface area contributed by atoms with Crippen LogP contribution >= 0.6 is 0 Å². The zero-order valence-electron chi connectivity index (χ0n) is 14.1. The van der Waals surface area contributed by atoms with Gasteiger partial charge in [-0.25, -0.2) is 0 Å². The molecule has 0 aromatic heterocycles. The van der Waals surface area contributed by atoms with Crippen molar-refractivity contribution in [3.05, 3.63) is 0 Å². The van der Waals surface area contributed by atoms with Gasteiger partial charge in [-0.2, -0.15) is 0 Å². The summed E-state index contributed by atoms with van der Waals surface area (Å²) in [4.78, 5) is 17.3. The maximum absolute atomic E-state index is 12.6. The maximum Gasteiger partial charge on any atom is 0.241 e. The summed E-state index contributed by atoms with van der Waals surface area (Å²) in [6, 6.07) is 0.0638. The molecular formula is C17H33N3O. The minimum absolute atomic E-state index is 0.0638. The molecule has 2 rings (SSSR count). The van der Waals surface area contributed by atoms with Crippen molar-refractivity contribution in [3.63, 3.8) is 0 Å². The molecule has 4 nitrogen and oxygen atoms in total. The largest absolute Gasteiger partial charge is 0.325 e. The fourth-order valence-electron chi connectivity index (χ4n) is 3.72. The van der Waals surface area contributed by atoms with E-state index in [1.165, 1.54) is 25.9 Å². The Bertz CT molecular complexity index is 328. The summed E-state index contributed by atoms with van der Waals surface area (Å²) in [7, 11) is 0. The molecule has 122 valence electrons. The highest BCUT2D eigenvalue weighted by molar-refractivity contribution is 5.84. The van der Waals surface area contributed by atoms with Crippen molar-refractivity contribution in [2.45, 2.75) is 71.5 Å². The maximum atomic E-state index is 12.6. The van der Waals surface area contributed by atoms with E-state index in [1.807, 2.05) is 0 Å². The van der Waals surface area contributed by atoms with E-state index in [2.05, 4.69) is 35.9 Å². The zero-order chi connectivity index (χ0) is 15.2. The quantitative estimate of drug-likeness (QED) is 0.747. The van der Waals surface area contributed by atoms with Gasteiger partial charge in [0.25, 0.3) is 0 Å². The lowest BCUT2D eigenvalue weighted by molar-refractivity contribution is -0.130. The van der Waals surface area contributed by atoms with Gasteiger partial charge in [-0.05, 0) is 44.7 Å². The Morgan fingerprint density at radius 2 is 1.95 bits per heavy atom. The normalized spacial score (nSPS) is 28.5. The van der Waals surface area contributed by atoms with Crippen LogP contribution < -0.4 is 5.32 Å². The lowest BCUT2D eigenvalue weighted by Gasteiger charge is -2.28. The van der Waals surface area contributed by atoms with Crippen LogP contribution in [0.2, 0.25) is 0 Å². The molecule has 0 radical (unpaired) electrons. The van der Waals surface area contributed by atoms with Crippen LogP contribution in [0.1, 0.15) is 59.3 Å². The van der Waals surface area contributed by atoms with Gasteiger partial charge in [-0.15, -0.1) is 0 Å². The average molecular weight is 295 g/mol. The molecule has 0 saturated carbocycles. The third-order valence-corrected chi connectivity index (χ3v) is 4.86. The smallest absolute Gasteiger partial charge is 0.241 e. The van der Waals surface area contributed by atoms with E-state index >= 15 is 0 Å². The summed E-state index contributed by atoms with van der Waals surface area (Å²) in [5, 5.41) is 3.54. The van der Waals surface area contributed by atoms with E-state index in [0.717, 1.165) is 38.8 Å². The monoisotopic (exact) mass is 295 g/mol. The van der Waals surface area contributed by atoms with Crippen LogP contribution in [0.5, 0.6) is 0 Å². The third-order valence-electron chi connectivity index (χ3n) is 4.86. The summed E-state index contributed by atoms with van der Waals surface area (Å²) in [6.45, 7) is 11.2. The van der Waals surface area contributed by atoms with Crippen molar-refractivity contribution < 1.29 is 4.79 Å². The first-order chi connectivity index (χ1) is 10.2. The number of hydrogen-bond donors (Lipinski definition) is 1. The first kappa shape index (κ1) is 16.8. The second-order valence-corrected chi connectivity index (χ2v) is 6.89. The number of nitrogens with zero attached hydrogens (tertiary/aromatic N) is 2. The molecule has 3 unspecified atom stereocenters. The van der Waals surface area contributed by atoms with Gasteiger partial charge < -0.3 is 9.80 Å². The first-order valence-electron chi connectivity index (χ1n) is 8.94. The van der Waals surface area contributed by atoms with Gasteiger partial charge in [-0.3, -0.25) is 10.1 Å². The van der Waals surface area contributed by atoms with E-state index in [0.29, 0.717) is 11.8 Å². The topological polar surface area (TPSA) is 35.6 Å². The Morgan fingerprint density at radius 3 is 2.57 bits per heavy atom. The number of carbonyl (C=O) groups excluding carboxylic acids is 1. The molecule has 1 amide bonds. The van der Waals surface area contributed by atoms with E-state index in [4.69, 9.17) is 0 Å². The van der Waals surface area contributed by atoms with Crippen molar-refractivity contribution in [3.8, 4) is 0 Å². The molecule has 0 bridgehead atoms. The highest BCUT2D eigenvalue weighted by Crippen LogP contribution is 2.20. The van der Waals surface area contributed by atoms with Crippen molar-refractivity contribution in [1.29, 1.82) is 0 Å². The molecule has 4 heteroatoms. The van der Waals surface area contributed by atoms with Crippen LogP contribution in [-0.4, -0.2) is 54.1 Å². The molecule has 3 atom stereocenters. The van der Waals surface area contributed by atoms with Crippen LogP contribution in [0.4, 0.5) is 0 Å². The molecule has 0 aromatic carbocycles. The van der Waals surface area contributed by atoms with E-state index < -0.39 is 0 Å². The average Bonchev–Trinajstić information content (AvgIpc) is 3.07. The van der Waals surface area contributed by atoms with Gasteiger partial charge in [0.1, 0.15) is 0 Å². The Balaban J connectivity index is 1.85. The standard InChI is InChI=1S/C17H33N3O/c1-4-6-9-15-17(21)20(16(5-2)18-15)13-14(3)12-19-10-7-8-11-19/h14-16,18H,4-13H2,1-3H3. The molecule has 2 aliphatic heterocycles. The van der Waals surface area contributed by atoms with Gasteiger partial charge in [-0.1, -0.05) is 33.6 Å². The third kappa shape index (κ3) is 4.43. The molecule has 2 heterocycles. The number of carbonyl (C=O) groups is 1. The lowest BCUT2D eigenvalue weighted by atomic mass is 10.1.